The minimum Gasteiger partial charge on any atom is -0.503 e. The Morgan fingerprint density at radius 3 is 1.88 bits per heavy atom. The summed E-state index contributed by atoms with van der Waals surface area (Å²) in [6.07, 6.45) is 2.19. The third kappa shape index (κ3) is 4.91. The second-order valence-electron chi connectivity index (χ2n) is 12.5. The van der Waals surface area contributed by atoms with E-state index in [-0.39, 0.29) is 46.6 Å². The molecular formula is C33H29B2BrN2O10. The molecule has 0 unspecified atom stereocenters. The molecule has 244 valence electrons. The SMILES string of the molecule is COc1cc([C@H]2C3=CC[C@@H]4C(=O)N(c5cccc(B(O)O)c5)C(=O)[C@@H]4[C@@H]3C[C@H]3C(=O)N(c4cccc(B(O)O)c4)C(=O)[C@@H]23)cc(Br)c1O. The quantitative estimate of drug-likeness (QED) is 0.137. The number of hydrogen-bond donors (Lipinski definition) is 5. The fourth-order valence-corrected chi connectivity index (χ4v) is 8.51. The third-order valence-corrected chi connectivity index (χ3v) is 10.7. The predicted molar refractivity (Wildman–Crippen MR) is 177 cm³/mol. The number of rotatable bonds is 6. The second kappa shape index (κ2) is 12.0. The van der Waals surface area contributed by atoms with E-state index >= 15 is 0 Å². The van der Waals surface area contributed by atoms with Gasteiger partial charge in [0.1, 0.15) is 0 Å². The molecule has 12 nitrogen and oxygen atoms in total. The number of halogens is 1. The molecule has 0 spiro atoms. The lowest BCUT2D eigenvalue weighted by Gasteiger charge is -2.44. The largest absolute Gasteiger partial charge is 0.503 e. The first-order valence-corrected chi connectivity index (χ1v) is 16.2. The maximum Gasteiger partial charge on any atom is 0.488 e. The molecule has 7 rings (SSSR count). The van der Waals surface area contributed by atoms with Crippen LogP contribution in [0.4, 0.5) is 11.4 Å². The maximum atomic E-state index is 14.4. The number of hydrogen-bond acceptors (Lipinski definition) is 10. The highest BCUT2D eigenvalue weighted by atomic mass is 79.9. The number of imide groups is 2. The fraction of sp³-hybridized carbons (Fsp3) is 0.273. The minimum absolute atomic E-state index is 0.0962. The van der Waals surface area contributed by atoms with Gasteiger partial charge in [0.2, 0.25) is 23.6 Å². The number of aromatic hydroxyl groups is 1. The van der Waals surface area contributed by atoms with Crippen LogP contribution in [0.3, 0.4) is 0 Å². The molecule has 3 fully saturated rings. The number of phenolic OH excluding ortho intramolecular Hbond substituents is 1. The minimum atomic E-state index is -1.82. The number of methoxy groups -OCH3 is 1. The standard InChI is InChI=1S/C33H29B2BrN2O10/c1-48-25-11-15(10-24(36)29(25)39)26-20-8-9-21-27(32(42)37(30(21)40)18-6-2-4-16(12-18)34(44)45)22(20)14-23-28(26)33(43)38(31(23)41)19-7-3-5-17(13-19)35(46)47/h2-8,10-13,21-23,26-28,39,44-47H,9,14H2,1H3/t21-,22+,23+,26-,27-,28+/m0/s1. The molecule has 4 aliphatic rings. The Balaban J connectivity index is 1.34. The number of anilines is 2. The number of allylic oxidation sites excluding steroid dienone is 2. The van der Waals surface area contributed by atoms with Crippen LogP contribution in [0.2, 0.25) is 0 Å². The van der Waals surface area contributed by atoms with Gasteiger partial charge in [-0.25, -0.2) is 0 Å². The molecule has 0 aromatic heterocycles. The van der Waals surface area contributed by atoms with Crippen molar-refractivity contribution in [1.82, 2.24) is 0 Å². The Morgan fingerprint density at radius 2 is 1.31 bits per heavy atom. The zero-order valence-electron chi connectivity index (χ0n) is 25.4. The number of amides is 4. The number of nitrogens with zero attached hydrogens (tertiary/aromatic N) is 2. The molecule has 2 aliphatic carbocycles. The van der Waals surface area contributed by atoms with Crippen molar-refractivity contribution in [2.75, 3.05) is 16.9 Å². The molecule has 1 saturated carbocycles. The summed E-state index contributed by atoms with van der Waals surface area (Å²) in [4.78, 5) is 58.8. The molecule has 0 bridgehead atoms. The van der Waals surface area contributed by atoms with Gasteiger partial charge in [0, 0.05) is 5.92 Å². The van der Waals surface area contributed by atoms with Crippen molar-refractivity contribution in [3.05, 3.63) is 82.3 Å². The molecule has 15 heteroatoms. The first-order valence-electron chi connectivity index (χ1n) is 15.4. The van der Waals surface area contributed by atoms with Crippen LogP contribution < -0.4 is 25.5 Å². The van der Waals surface area contributed by atoms with Gasteiger partial charge in [0.05, 0.1) is 46.6 Å². The lowest BCUT2D eigenvalue weighted by molar-refractivity contribution is -0.126. The first kappa shape index (κ1) is 32.3. The fourth-order valence-electron chi connectivity index (χ4n) is 8.05. The van der Waals surface area contributed by atoms with Crippen molar-refractivity contribution < 1.29 is 49.1 Å². The average Bonchev–Trinajstić information content (AvgIpc) is 3.48. The van der Waals surface area contributed by atoms with Crippen LogP contribution in [0.5, 0.6) is 11.5 Å². The molecule has 48 heavy (non-hydrogen) atoms. The molecule has 3 aromatic rings. The van der Waals surface area contributed by atoms with Gasteiger partial charge in [-0.3, -0.25) is 29.0 Å². The van der Waals surface area contributed by atoms with E-state index in [1.807, 2.05) is 6.08 Å². The van der Waals surface area contributed by atoms with E-state index in [0.717, 1.165) is 15.4 Å². The Bertz CT molecular complexity index is 1920. The Hall–Kier alpha value is -4.27. The summed E-state index contributed by atoms with van der Waals surface area (Å²) in [5.74, 6) is -6.69. The average molecular weight is 715 g/mol. The van der Waals surface area contributed by atoms with Crippen LogP contribution in [0.25, 0.3) is 0 Å². The van der Waals surface area contributed by atoms with Gasteiger partial charge >= 0.3 is 14.2 Å². The molecular weight excluding hydrogens is 686 g/mol. The van der Waals surface area contributed by atoms with Crippen LogP contribution in [-0.4, -0.2) is 70.2 Å². The van der Waals surface area contributed by atoms with Gasteiger partial charge < -0.3 is 29.9 Å². The van der Waals surface area contributed by atoms with Crippen molar-refractivity contribution in [2.24, 2.45) is 29.6 Å². The summed E-state index contributed by atoms with van der Waals surface area (Å²) in [6, 6.07) is 15.0. The molecule has 2 heterocycles. The van der Waals surface area contributed by atoms with Crippen LogP contribution in [-0.2, 0) is 19.2 Å². The number of ether oxygens (including phenoxy) is 1. The van der Waals surface area contributed by atoms with Crippen LogP contribution in [0.15, 0.2) is 76.8 Å². The highest BCUT2D eigenvalue weighted by Crippen LogP contribution is 2.59. The second-order valence-corrected chi connectivity index (χ2v) is 13.4. The highest BCUT2D eigenvalue weighted by molar-refractivity contribution is 9.10. The van der Waals surface area contributed by atoms with E-state index < -0.39 is 73.4 Å². The molecule has 0 radical (unpaired) electrons. The monoisotopic (exact) mass is 714 g/mol. The van der Waals surface area contributed by atoms with Crippen molar-refractivity contribution in [3.8, 4) is 11.5 Å². The normalized spacial score (nSPS) is 26.2. The van der Waals surface area contributed by atoms with Gasteiger partial charge in [-0.05, 0) is 87.6 Å². The number of carbonyl (C=O) groups excluding carboxylic acids is 4. The van der Waals surface area contributed by atoms with E-state index in [1.165, 1.54) is 49.6 Å². The van der Waals surface area contributed by atoms with Gasteiger partial charge in [0.25, 0.3) is 0 Å². The molecule has 2 saturated heterocycles. The number of benzene rings is 3. The number of carbonyl (C=O) groups is 4. The van der Waals surface area contributed by atoms with Gasteiger partial charge in [0.15, 0.2) is 11.5 Å². The van der Waals surface area contributed by atoms with Gasteiger partial charge in [-0.2, -0.15) is 0 Å². The summed E-state index contributed by atoms with van der Waals surface area (Å²) in [6.45, 7) is 0. The van der Waals surface area contributed by atoms with Gasteiger partial charge in [-0.1, -0.05) is 35.9 Å². The summed E-state index contributed by atoms with van der Waals surface area (Å²) >= 11 is 3.37. The highest BCUT2D eigenvalue weighted by Gasteiger charge is 2.62. The summed E-state index contributed by atoms with van der Waals surface area (Å²) in [5, 5.41) is 49.6. The number of fused-ring (bicyclic) bond motifs is 4. The third-order valence-electron chi connectivity index (χ3n) is 10.1. The zero-order chi connectivity index (χ0) is 34.2. The van der Waals surface area contributed by atoms with Crippen molar-refractivity contribution in [3.63, 3.8) is 0 Å². The van der Waals surface area contributed by atoms with Crippen molar-refractivity contribution >= 4 is 76.1 Å². The number of phenols is 1. The summed E-state index contributed by atoms with van der Waals surface area (Å²) < 4.78 is 5.72. The lowest BCUT2D eigenvalue weighted by Crippen LogP contribution is -2.43. The molecule has 4 amide bonds. The van der Waals surface area contributed by atoms with Gasteiger partial charge in [-0.15, -0.1) is 0 Å². The van der Waals surface area contributed by atoms with Crippen LogP contribution in [0, 0.1) is 29.6 Å². The summed E-state index contributed by atoms with van der Waals surface area (Å²) in [7, 11) is -2.24. The van der Waals surface area contributed by atoms with E-state index in [1.54, 1.807) is 18.2 Å². The predicted octanol–water partition coefficient (Wildman–Crippen LogP) is 0.568. The zero-order valence-corrected chi connectivity index (χ0v) is 27.0. The Kier molecular flexibility index (Phi) is 8.07. The maximum absolute atomic E-state index is 14.4. The Labute approximate surface area is 283 Å². The van der Waals surface area contributed by atoms with Crippen LogP contribution >= 0.6 is 15.9 Å². The van der Waals surface area contributed by atoms with E-state index in [2.05, 4.69) is 15.9 Å². The summed E-state index contributed by atoms with van der Waals surface area (Å²) in [5.41, 5.74) is 1.87. The topological polar surface area (TPSA) is 185 Å². The smallest absolute Gasteiger partial charge is 0.488 e. The lowest BCUT2D eigenvalue weighted by atomic mass is 9.57. The molecule has 5 N–H and O–H groups in total. The molecule has 2 aliphatic heterocycles. The van der Waals surface area contributed by atoms with E-state index in [9.17, 15) is 44.4 Å². The molecule has 6 atom stereocenters. The van der Waals surface area contributed by atoms with E-state index in [4.69, 9.17) is 4.74 Å². The van der Waals surface area contributed by atoms with Crippen molar-refractivity contribution in [2.45, 2.75) is 18.8 Å². The first-order chi connectivity index (χ1) is 22.9. The van der Waals surface area contributed by atoms with E-state index in [0.29, 0.717) is 10.0 Å². The van der Waals surface area contributed by atoms with Crippen LogP contribution in [0.1, 0.15) is 24.3 Å². The molecule has 3 aromatic carbocycles. The Morgan fingerprint density at radius 1 is 0.750 bits per heavy atom. The van der Waals surface area contributed by atoms with Crippen molar-refractivity contribution in [1.29, 1.82) is 0 Å².